The van der Waals surface area contributed by atoms with Gasteiger partial charge in [0.25, 0.3) is 6.43 Å². The molecule has 1 rings (SSSR count). The van der Waals surface area contributed by atoms with Gasteiger partial charge in [-0.15, -0.1) is 0 Å². The van der Waals surface area contributed by atoms with Crippen molar-refractivity contribution in [1.29, 1.82) is 5.26 Å². The van der Waals surface area contributed by atoms with E-state index in [4.69, 9.17) is 11.0 Å². The molecule has 0 fully saturated rings. The lowest BCUT2D eigenvalue weighted by atomic mass is 10.1. The summed E-state index contributed by atoms with van der Waals surface area (Å²) >= 11 is 2.93. The molecule has 1 heterocycles. The van der Waals surface area contributed by atoms with Crippen LogP contribution in [0.25, 0.3) is 0 Å². The van der Waals surface area contributed by atoms with Gasteiger partial charge in [0.15, 0.2) is 0 Å². The molecule has 1 aromatic rings. The van der Waals surface area contributed by atoms with E-state index in [1.807, 2.05) is 0 Å². The van der Waals surface area contributed by atoms with Gasteiger partial charge >= 0.3 is 0 Å². The number of hydrogen-bond acceptors (Lipinski definition) is 3. The van der Waals surface area contributed by atoms with Crippen LogP contribution in [0.2, 0.25) is 0 Å². The minimum atomic E-state index is -2.72. The molecule has 0 spiro atoms. The van der Waals surface area contributed by atoms with Gasteiger partial charge in [-0.3, -0.25) is 0 Å². The van der Waals surface area contributed by atoms with E-state index in [0.29, 0.717) is 0 Å². The molecule has 14 heavy (non-hydrogen) atoms. The first-order valence-corrected chi connectivity index (χ1v) is 4.46. The van der Waals surface area contributed by atoms with Crippen molar-refractivity contribution in [2.24, 2.45) is 5.73 Å². The van der Waals surface area contributed by atoms with Crippen LogP contribution in [-0.2, 0) is 6.54 Å². The van der Waals surface area contributed by atoms with Crippen molar-refractivity contribution in [1.82, 2.24) is 4.98 Å². The largest absolute Gasteiger partial charge is 0.326 e. The van der Waals surface area contributed by atoms with Gasteiger partial charge < -0.3 is 5.73 Å². The predicted molar refractivity (Wildman–Crippen MR) is 49.5 cm³/mol. The second-order valence-electron chi connectivity index (χ2n) is 2.48. The van der Waals surface area contributed by atoms with Gasteiger partial charge in [-0.1, -0.05) is 0 Å². The average molecular weight is 262 g/mol. The molecule has 0 aliphatic carbocycles. The van der Waals surface area contributed by atoms with Crippen LogP contribution < -0.4 is 5.73 Å². The SMILES string of the molecule is N#Cc1c(Br)ncc(CN)c1C(F)F. The van der Waals surface area contributed by atoms with Crippen LogP contribution in [0.5, 0.6) is 0 Å². The van der Waals surface area contributed by atoms with Gasteiger partial charge in [0.05, 0.1) is 5.56 Å². The maximum Gasteiger partial charge on any atom is 0.265 e. The van der Waals surface area contributed by atoms with Gasteiger partial charge in [0, 0.05) is 18.3 Å². The second-order valence-corrected chi connectivity index (χ2v) is 3.23. The van der Waals surface area contributed by atoms with E-state index in [1.165, 1.54) is 6.20 Å². The third-order valence-corrected chi connectivity index (χ3v) is 2.31. The first-order chi connectivity index (χ1) is 6.61. The highest BCUT2D eigenvalue weighted by Crippen LogP contribution is 2.29. The molecule has 0 aliphatic rings. The van der Waals surface area contributed by atoms with Gasteiger partial charge in [-0.25, -0.2) is 13.8 Å². The number of nitrogens with two attached hydrogens (primary N) is 1. The fraction of sp³-hybridized carbons (Fsp3) is 0.250. The summed E-state index contributed by atoms with van der Waals surface area (Å²) < 4.78 is 25.3. The molecule has 0 atom stereocenters. The van der Waals surface area contributed by atoms with Gasteiger partial charge in [-0.2, -0.15) is 5.26 Å². The molecule has 1 aromatic heterocycles. The fourth-order valence-electron chi connectivity index (χ4n) is 1.06. The lowest BCUT2D eigenvalue weighted by Gasteiger charge is -2.08. The minimum absolute atomic E-state index is 0.0609. The molecule has 3 nitrogen and oxygen atoms in total. The normalized spacial score (nSPS) is 10.3. The molecule has 2 N–H and O–H groups in total. The second kappa shape index (κ2) is 4.44. The van der Waals surface area contributed by atoms with Crippen molar-refractivity contribution in [2.75, 3.05) is 0 Å². The zero-order chi connectivity index (χ0) is 10.7. The standard InChI is InChI=1S/C8H6BrF2N3/c9-7-5(2-13)6(8(10)11)4(1-12)3-14-7/h3,8H,1,12H2. The van der Waals surface area contributed by atoms with E-state index in [-0.39, 0.29) is 27.8 Å². The number of halogens is 3. The highest BCUT2D eigenvalue weighted by atomic mass is 79.9. The smallest absolute Gasteiger partial charge is 0.265 e. The highest BCUT2D eigenvalue weighted by Gasteiger charge is 2.20. The summed E-state index contributed by atoms with van der Waals surface area (Å²) in [5, 5.41) is 8.67. The van der Waals surface area contributed by atoms with Gasteiger partial charge in [0.1, 0.15) is 10.7 Å². The Bertz CT molecular complexity index is 387. The molecule has 0 amide bonds. The fourth-order valence-corrected chi connectivity index (χ4v) is 1.46. The van der Waals surface area contributed by atoms with Crippen molar-refractivity contribution in [3.05, 3.63) is 27.5 Å². The van der Waals surface area contributed by atoms with E-state index in [2.05, 4.69) is 20.9 Å². The van der Waals surface area contributed by atoms with Crippen LogP contribution in [0.3, 0.4) is 0 Å². The Labute approximate surface area is 87.7 Å². The third-order valence-electron chi connectivity index (χ3n) is 1.71. The molecule has 74 valence electrons. The van der Waals surface area contributed by atoms with E-state index < -0.39 is 6.43 Å². The molecule has 0 aromatic carbocycles. The Morgan fingerprint density at radius 1 is 1.64 bits per heavy atom. The van der Waals surface area contributed by atoms with E-state index in [9.17, 15) is 8.78 Å². The summed E-state index contributed by atoms with van der Waals surface area (Å²) in [6, 6.07) is 1.67. The molecule has 0 saturated carbocycles. The quantitative estimate of drug-likeness (QED) is 0.830. The monoisotopic (exact) mass is 261 g/mol. The van der Waals surface area contributed by atoms with E-state index >= 15 is 0 Å². The van der Waals surface area contributed by atoms with Crippen LogP contribution in [0.4, 0.5) is 8.78 Å². The Morgan fingerprint density at radius 2 is 2.29 bits per heavy atom. The molecule has 0 unspecified atom stereocenters. The van der Waals surface area contributed by atoms with Crippen LogP contribution in [0.1, 0.15) is 23.1 Å². The van der Waals surface area contributed by atoms with Crippen LogP contribution in [0.15, 0.2) is 10.8 Å². The Morgan fingerprint density at radius 3 is 2.71 bits per heavy atom. The number of rotatable bonds is 2. The summed E-state index contributed by atoms with van der Waals surface area (Å²) in [7, 11) is 0. The number of aromatic nitrogens is 1. The van der Waals surface area contributed by atoms with Crippen LogP contribution >= 0.6 is 15.9 Å². The van der Waals surface area contributed by atoms with Crippen molar-refractivity contribution >= 4 is 15.9 Å². The minimum Gasteiger partial charge on any atom is -0.326 e. The maximum absolute atomic E-state index is 12.6. The number of hydrogen-bond donors (Lipinski definition) is 1. The Hall–Kier alpha value is -1.06. The molecular weight excluding hydrogens is 256 g/mol. The average Bonchev–Trinajstić information content (AvgIpc) is 2.17. The van der Waals surface area contributed by atoms with Crippen molar-refractivity contribution in [3.63, 3.8) is 0 Å². The Balaban J connectivity index is 3.46. The zero-order valence-electron chi connectivity index (χ0n) is 6.97. The van der Waals surface area contributed by atoms with Crippen LogP contribution in [0, 0.1) is 11.3 Å². The number of nitriles is 1. The van der Waals surface area contributed by atoms with E-state index in [1.54, 1.807) is 6.07 Å². The molecule has 0 saturated heterocycles. The van der Waals surface area contributed by atoms with Crippen LogP contribution in [-0.4, -0.2) is 4.98 Å². The summed E-state index contributed by atoms with van der Waals surface area (Å²) in [6.45, 7) is -0.0609. The lowest BCUT2D eigenvalue weighted by molar-refractivity contribution is 0.149. The van der Waals surface area contributed by atoms with Crippen molar-refractivity contribution < 1.29 is 8.78 Å². The van der Waals surface area contributed by atoms with E-state index in [0.717, 1.165) is 0 Å². The lowest BCUT2D eigenvalue weighted by Crippen LogP contribution is -2.06. The molecule has 0 aliphatic heterocycles. The molecule has 0 bridgehead atoms. The summed E-state index contributed by atoms with van der Waals surface area (Å²) in [6.07, 6.45) is -1.48. The first kappa shape index (κ1) is 11.0. The topological polar surface area (TPSA) is 62.7 Å². The third kappa shape index (κ3) is 1.89. The highest BCUT2D eigenvalue weighted by molar-refractivity contribution is 9.10. The number of nitrogens with zero attached hydrogens (tertiary/aromatic N) is 2. The molecular formula is C8H6BrF2N3. The maximum atomic E-state index is 12.6. The van der Waals surface area contributed by atoms with Gasteiger partial charge in [0.2, 0.25) is 0 Å². The first-order valence-electron chi connectivity index (χ1n) is 3.67. The zero-order valence-corrected chi connectivity index (χ0v) is 8.55. The van der Waals surface area contributed by atoms with Crippen molar-refractivity contribution in [3.8, 4) is 6.07 Å². The van der Waals surface area contributed by atoms with Crippen molar-refractivity contribution in [2.45, 2.75) is 13.0 Å². The Kier molecular flexibility index (Phi) is 3.49. The molecule has 0 radical (unpaired) electrons. The number of alkyl halides is 2. The summed E-state index contributed by atoms with van der Waals surface area (Å²) in [5.41, 5.74) is 4.97. The number of pyridine rings is 1. The van der Waals surface area contributed by atoms with Gasteiger partial charge in [-0.05, 0) is 21.5 Å². The molecule has 6 heteroatoms. The predicted octanol–water partition coefficient (Wildman–Crippen LogP) is 2.11. The summed E-state index contributed by atoms with van der Waals surface area (Å²) in [5.74, 6) is 0. The summed E-state index contributed by atoms with van der Waals surface area (Å²) in [4.78, 5) is 3.74.